The normalized spacial score (nSPS) is 25.8. The molecule has 1 saturated carbocycles. The van der Waals surface area contributed by atoms with Crippen molar-refractivity contribution in [2.75, 3.05) is 32.7 Å². The van der Waals surface area contributed by atoms with Crippen molar-refractivity contribution in [2.45, 2.75) is 26.2 Å². The van der Waals surface area contributed by atoms with E-state index in [-0.39, 0.29) is 23.8 Å². The Kier molecular flexibility index (Phi) is 5.03. The van der Waals surface area contributed by atoms with Gasteiger partial charge < -0.3 is 20.2 Å². The fourth-order valence-corrected chi connectivity index (χ4v) is 3.16. The molecule has 2 N–H and O–H groups in total. The number of urea groups is 1. The fourth-order valence-electron chi connectivity index (χ4n) is 3.16. The Morgan fingerprint density at radius 2 is 1.71 bits per heavy atom. The summed E-state index contributed by atoms with van der Waals surface area (Å²) in [5.74, 6) is -1.03. The van der Waals surface area contributed by atoms with Crippen LogP contribution in [0, 0.1) is 11.8 Å². The number of carbonyl (C=O) groups excluding carboxylic acids is 2. The Hall–Kier alpha value is -1.79. The molecule has 2 aliphatic rings. The number of carbonyl (C=O) groups is 3. The van der Waals surface area contributed by atoms with Crippen molar-refractivity contribution in [3.63, 3.8) is 0 Å². The highest BCUT2D eigenvalue weighted by molar-refractivity contribution is 5.76. The molecule has 118 valence electrons. The zero-order valence-corrected chi connectivity index (χ0v) is 12.4. The van der Waals surface area contributed by atoms with Gasteiger partial charge in [0.15, 0.2) is 0 Å². The molecule has 0 spiro atoms. The summed E-state index contributed by atoms with van der Waals surface area (Å²) in [4.78, 5) is 37.8. The Morgan fingerprint density at radius 1 is 1.10 bits per heavy atom. The fraction of sp³-hybridized carbons (Fsp3) is 0.786. The van der Waals surface area contributed by atoms with Gasteiger partial charge in [0.05, 0.1) is 5.92 Å². The van der Waals surface area contributed by atoms with Crippen LogP contribution < -0.4 is 5.32 Å². The maximum absolute atomic E-state index is 12.1. The molecule has 0 radical (unpaired) electrons. The van der Waals surface area contributed by atoms with Crippen LogP contribution in [-0.4, -0.2) is 65.5 Å². The van der Waals surface area contributed by atoms with Gasteiger partial charge in [-0.2, -0.15) is 0 Å². The number of carboxylic acid groups (broad SMARTS) is 1. The van der Waals surface area contributed by atoms with Crippen LogP contribution in [0.2, 0.25) is 0 Å². The second kappa shape index (κ2) is 6.78. The van der Waals surface area contributed by atoms with Crippen LogP contribution in [0.5, 0.6) is 0 Å². The highest BCUT2D eigenvalue weighted by Gasteiger charge is 2.33. The highest BCUT2D eigenvalue weighted by Crippen LogP contribution is 2.31. The van der Waals surface area contributed by atoms with E-state index in [4.69, 9.17) is 5.11 Å². The third-order valence-corrected chi connectivity index (χ3v) is 4.50. The van der Waals surface area contributed by atoms with Crippen LogP contribution >= 0.6 is 0 Å². The lowest BCUT2D eigenvalue weighted by Gasteiger charge is -2.34. The van der Waals surface area contributed by atoms with E-state index in [1.54, 1.807) is 9.80 Å². The van der Waals surface area contributed by atoms with Gasteiger partial charge in [-0.05, 0) is 18.8 Å². The number of amides is 3. The number of rotatable bonds is 3. The third-order valence-electron chi connectivity index (χ3n) is 4.50. The smallest absolute Gasteiger partial charge is 0.317 e. The van der Waals surface area contributed by atoms with Crippen molar-refractivity contribution < 1.29 is 19.5 Å². The maximum Gasteiger partial charge on any atom is 0.317 e. The van der Waals surface area contributed by atoms with Gasteiger partial charge in [0, 0.05) is 39.6 Å². The SMILES string of the molecule is CC(=O)N1CCN(C(=O)NCC2CCCC2C(=O)O)CC1. The topological polar surface area (TPSA) is 90.0 Å². The first-order chi connectivity index (χ1) is 9.99. The largest absolute Gasteiger partial charge is 0.481 e. The predicted octanol–water partition coefficient (Wildman–Crippen LogP) is 0.361. The predicted molar refractivity (Wildman–Crippen MR) is 75.7 cm³/mol. The summed E-state index contributed by atoms with van der Waals surface area (Å²) in [5.41, 5.74) is 0. The minimum Gasteiger partial charge on any atom is -0.481 e. The zero-order chi connectivity index (χ0) is 15.4. The molecule has 1 saturated heterocycles. The number of carboxylic acids is 1. The van der Waals surface area contributed by atoms with Gasteiger partial charge in [-0.25, -0.2) is 4.79 Å². The van der Waals surface area contributed by atoms with Crippen LogP contribution in [0.25, 0.3) is 0 Å². The molecule has 1 aliphatic heterocycles. The van der Waals surface area contributed by atoms with Crippen molar-refractivity contribution in [3.8, 4) is 0 Å². The van der Waals surface area contributed by atoms with Crippen LogP contribution in [0.4, 0.5) is 4.79 Å². The molecule has 1 heterocycles. The first-order valence-electron chi connectivity index (χ1n) is 7.50. The van der Waals surface area contributed by atoms with E-state index in [0.29, 0.717) is 39.1 Å². The summed E-state index contributed by atoms with van der Waals surface area (Å²) in [6, 6.07) is -0.158. The Morgan fingerprint density at radius 3 is 2.29 bits per heavy atom. The molecule has 7 heteroatoms. The Balaban J connectivity index is 1.75. The first-order valence-corrected chi connectivity index (χ1v) is 7.50. The average Bonchev–Trinajstić information content (AvgIpc) is 2.93. The Labute approximate surface area is 124 Å². The summed E-state index contributed by atoms with van der Waals surface area (Å²) in [6.07, 6.45) is 2.47. The molecule has 0 bridgehead atoms. The van der Waals surface area contributed by atoms with E-state index < -0.39 is 5.97 Å². The van der Waals surface area contributed by atoms with Gasteiger partial charge >= 0.3 is 12.0 Å². The number of aliphatic carboxylic acids is 1. The van der Waals surface area contributed by atoms with Gasteiger partial charge in [0.2, 0.25) is 5.91 Å². The second-order valence-corrected chi connectivity index (χ2v) is 5.81. The lowest BCUT2D eigenvalue weighted by molar-refractivity contribution is -0.142. The summed E-state index contributed by atoms with van der Waals surface area (Å²) in [7, 11) is 0. The second-order valence-electron chi connectivity index (χ2n) is 5.81. The van der Waals surface area contributed by atoms with Gasteiger partial charge in [-0.3, -0.25) is 9.59 Å². The van der Waals surface area contributed by atoms with E-state index in [2.05, 4.69) is 5.32 Å². The van der Waals surface area contributed by atoms with Crippen molar-refractivity contribution >= 4 is 17.9 Å². The molecule has 3 amide bonds. The summed E-state index contributed by atoms with van der Waals surface area (Å²) < 4.78 is 0. The third kappa shape index (κ3) is 3.86. The van der Waals surface area contributed by atoms with E-state index in [0.717, 1.165) is 12.8 Å². The number of piperazine rings is 1. The van der Waals surface area contributed by atoms with E-state index >= 15 is 0 Å². The monoisotopic (exact) mass is 297 g/mol. The summed E-state index contributed by atoms with van der Waals surface area (Å²) in [6.45, 7) is 4.12. The van der Waals surface area contributed by atoms with Gasteiger partial charge in [-0.1, -0.05) is 6.42 Å². The maximum atomic E-state index is 12.1. The Bertz CT molecular complexity index is 418. The van der Waals surface area contributed by atoms with Crippen LogP contribution in [-0.2, 0) is 9.59 Å². The zero-order valence-electron chi connectivity index (χ0n) is 12.4. The molecule has 0 aromatic rings. The number of hydrogen-bond donors (Lipinski definition) is 2. The molecule has 2 rings (SSSR count). The van der Waals surface area contributed by atoms with Crippen LogP contribution in [0.15, 0.2) is 0 Å². The van der Waals surface area contributed by atoms with Gasteiger partial charge in [0.1, 0.15) is 0 Å². The van der Waals surface area contributed by atoms with E-state index in [1.807, 2.05) is 0 Å². The number of nitrogens with one attached hydrogen (secondary N) is 1. The molecule has 0 aromatic carbocycles. The highest BCUT2D eigenvalue weighted by atomic mass is 16.4. The standard InChI is InChI=1S/C14H23N3O4/c1-10(18)16-5-7-17(8-6-16)14(21)15-9-11-3-2-4-12(11)13(19)20/h11-12H,2-9H2,1H3,(H,15,21)(H,19,20). The number of hydrogen-bond acceptors (Lipinski definition) is 3. The van der Waals surface area contributed by atoms with Gasteiger partial charge in [0.25, 0.3) is 0 Å². The van der Waals surface area contributed by atoms with Crippen molar-refractivity contribution in [2.24, 2.45) is 11.8 Å². The minimum atomic E-state index is -0.762. The molecular formula is C14H23N3O4. The van der Waals surface area contributed by atoms with Crippen LogP contribution in [0.1, 0.15) is 26.2 Å². The quantitative estimate of drug-likeness (QED) is 0.787. The molecule has 2 unspecified atom stereocenters. The van der Waals surface area contributed by atoms with E-state index in [9.17, 15) is 14.4 Å². The lowest BCUT2D eigenvalue weighted by atomic mass is 9.96. The molecule has 2 fully saturated rings. The first kappa shape index (κ1) is 15.6. The minimum absolute atomic E-state index is 0.0324. The van der Waals surface area contributed by atoms with Crippen molar-refractivity contribution in [3.05, 3.63) is 0 Å². The summed E-state index contributed by atoms with van der Waals surface area (Å²) >= 11 is 0. The number of nitrogens with zero attached hydrogens (tertiary/aromatic N) is 2. The molecule has 21 heavy (non-hydrogen) atoms. The van der Waals surface area contributed by atoms with Crippen molar-refractivity contribution in [1.29, 1.82) is 0 Å². The average molecular weight is 297 g/mol. The molecule has 2 atom stereocenters. The van der Waals surface area contributed by atoms with E-state index in [1.165, 1.54) is 6.92 Å². The van der Waals surface area contributed by atoms with Crippen LogP contribution in [0.3, 0.4) is 0 Å². The van der Waals surface area contributed by atoms with Gasteiger partial charge in [-0.15, -0.1) is 0 Å². The molecule has 0 aromatic heterocycles. The molecule has 1 aliphatic carbocycles. The summed E-state index contributed by atoms with van der Waals surface area (Å²) in [5, 5.41) is 12.0. The molecular weight excluding hydrogens is 274 g/mol. The lowest BCUT2D eigenvalue weighted by Crippen LogP contribution is -2.53. The van der Waals surface area contributed by atoms with Crippen molar-refractivity contribution in [1.82, 2.24) is 15.1 Å². The molecule has 7 nitrogen and oxygen atoms in total.